The van der Waals surface area contributed by atoms with Crippen molar-refractivity contribution >= 4 is 23.0 Å². The number of amidine groups is 1. The van der Waals surface area contributed by atoms with E-state index < -0.39 is 16.7 Å². The predicted molar refractivity (Wildman–Crippen MR) is 162 cm³/mol. The maximum absolute atomic E-state index is 11.2. The number of para-hydroxylation sites is 1. The van der Waals surface area contributed by atoms with Crippen molar-refractivity contribution in [2.24, 2.45) is 15.8 Å². The maximum Gasteiger partial charge on any atom is 0.136 e. The van der Waals surface area contributed by atoms with E-state index in [0.717, 1.165) is 11.1 Å². The lowest BCUT2D eigenvalue weighted by Gasteiger charge is -2.60. The van der Waals surface area contributed by atoms with Gasteiger partial charge in [0.05, 0.1) is 32.1 Å². The molecule has 6 rings (SSSR count). The number of fused-ring (bicyclic) bond motifs is 4. The van der Waals surface area contributed by atoms with Crippen molar-refractivity contribution in [3.63, 3.8) is 0 Å². The van der Waals surface area contributed by atoms with E-state index in [0.29, 0.717) is 62.7 Å². The molecule has 3 aromatic carbocycles. The highest BCUT2D eigenvalue weighted by atomic mass is 32.1. The van der Waals surface area contributed by atoms with Crippen molar-refractivity contribution in [2.45, 2.75) is 25.9 Å². The van der Waals surface area contributed by atoms with E-state index in [2.05, 4.69) is 46.2 Å². The smallest absolute Gasteiger partial charge is 0.136 e. The molecule has 41 heavy (non-hydrogen) atoms. The summed E-state index contributed by atoms with van der Waals surface area (Å²) >= 11 is 6.26. The van der Waals surface area contributed by atoms with E-state index in [1.807, 2.05) is 72.5 Å². The summed E-state index contributed by atoms with van der Waals surface area (Å²) in [6.45, 7) is 5.52. The van der Waals surface area contributed by atoms with Gasteiger partial charge in [-0.1, -0.05) is 91.1 Å². The number of benzene rings is 3. The summed E-state index contributed by atoms with van der Waals surface area (Å²) in [6.07, 6.45) is 0. The Hall–Kier alpha value is -4.08. The zero-order valence-corrected chi connectivity index (χ0v) is 23.9. The number of nitriles is 2. The van der Waals surface area contributed by atoms with Gasteiger partial charge in [-0.05, 0) is 24.1 Å². The Morgan fingerprint density at radius 2 is 1.44 bits per heavy atom. The van der Waals surface area contributed by atoms with Crippen molar-refractivity contribution in [1.82, 2.24) is 14.7 Å². The van der Waals surface area contributed by atoms with Crippen LogP contribution in [-0.2, 0) is 13.1 Å². The Morgan fingerprint density at radius 1 is 0.854 bits per heavy atom. The second kappa shape index (κ2) is 11.1. The Kier molecular flexibility index (Phi) is 7.32. The Labute approximate surface area is 246 Å². The second-order valence-electron chi connectivity index (χ2n) is 11.0. The summed E-state index contributed by atoms with van der Waals surface area (Å²) in [5, 5.41) is 22.3. The largest absolute Gasteiger partial charge is 0.494 e. The molecule has 2 bridgehead atoms. The van der Waals surface area contributed by atoms with Gasteiger partial charge >= 0.3 is 0 Å². The van der Waals surface area contributed by atoms with E-state index in [4.69, 9.17) is 21.9 Å². The third-order valence-electron chi connectivity index (χ3n) is 8.40. The third-order valence-corrected chi connectivity index (χ3v) is 8.99. The Bertz CT molecular complexity index is 1550. The number of nitrogens with zero attached hydrogens (tertiary/aromatic N) is 6. The molecule has 0 spiro atoms. The highest BCUT2D eigenvalue weighted by Crippen LogP contribution is 2.59. The number of hydrogen-bond acceptors (Lipinski definition) is 7. The van der Waals surface area contributed by atoms with Crippen LogP contribution in [0.4, 0.5) is 0 Å². The normalized spacial score (nSPS) is 25.9. The summed E-state index contributed by atoms with van der Waals surface area (Å²) in [5.41, 5.74) is 0.907. The van der Waals surface area contributed by atoms with Gasteiger partial charge in [0, 0.05) is 37.7 Å². The van der Waals surface area contributed by atoms with Gasteiger partial charge < -0.3 is 9.64 Å². The fourth-order valence-electron chi connectivity index (χ4n) is 6.83. The topological polar surface area (TPSA) is 78.9 Å². The number of rotatable bonds is 7. The quantitative estimate of drug-likeness (QED) is 0.369. The first kappa shape index (κ1) is 27.1. The molecule has 0 N–H and O–H groups in total. The van der Waals surface area contributed by atoms with Crippen LogP contribution in [0, 0.1) is 33.5 Å². The molecule has 206 valence electrons. The van der Waals surface area contributed by atoms with Crippen LogP contribution in [0.5, 0.6) is 5.75 Å². The SMILES string of the molecule is CCOc1ccccc1C1C2(C#N)CN(Cc3ccccc3)CC1(C#N)C1=NCN(Cc3ccccc3)CN1C2=S. The van der Waals surface area contributed by atoms with Crippen LogP contribution in [0.1, 0.15) is 29.5 Å². The Morgan fingerprint density at radius 3 is 2.07 bits per heavy atom. The lowest BCUT2D eigenvalue weighted by Crippen LogP contribution is -2.73. The van der Waals surface area contributed by atoms with E-state index in [-0.39, 0.29) is 0 Å². The highest BCUT2D eigenvalue weighted by Gasteiger charge is 2.68. The van der Waals surface area contributed by atoms with Gasteiger partial charge in [-0.3, -0.25) is 14.8 Å². The van der Waals surface area contributed by atoms with Crippen LogP contribution < -0.4 is 4.74 Å². The summed E-state index contributed by atoms with van der Waals surface area (Å²) in [7, 11) is 0. The molecular formula is C33H32N6OS. The molecule has 2 saturated heterocycles. The molecular weight excluding hydrogens is 528 g/mol. The predicted octanol–water partition coefficient (Wildman–Crippen LogP) is 5.18. The summed E-state index contributed by atoms with van der Waals surface area (Å²) in [5.74, 6) is 0.825. The molecule has 0 aromatic heterocycles. The lowest BCUT2D eigenvalue weighted by atomic mass is 9.53. The zero-order valence-electron chi connectivity index (χ0n) is 23.1. The van der Waals surface area contributed by atoms with Crippen LogP contribution in [-0.4, -0.2) is 58.6 Å². The van der Waals surface area contributed by atoms with Crippen molar-refractivity contribution < 1.29 is 4.74 Å². The molecule has 3 unspecified atom stereocenters. The van der Waals surface area contributed by atoms with E-state index in [9.17, 15) is 10.5 Å². The Balaban J connectivity index is 1.49. The zero-order chi connectivity index (χ0) is 28.5. The minimum Gasteiger partial charge on any atom is -0.494 e. The van der Waals surface area contributed by atoms with Crippen molar-refractivity contribution in [3.05, 3.63) is 102 Å². The first-order valence-corrected chi connectivity index (χ1v) is 14.4. The fraction of sp³-hybridized carbons (Fsp3) is 0.333. The number of likely N-dealkylation sites (tertiary alicyclic amines) is 1. The fourth-order valence-corrected chi connectivity index (χ4v) is 7.20. The first-order chi connectivity index (χ1) is 20.0. The number of thiocarbonyl (C=S) groups is 1. The average Bonchev–Trinajstić information content (AvgIpc) is 3.01. The van der Waals surface area contributed by atoms with Gasteiger partial charge in [-0.15, -0.1) is 0 Å². The average molecular weight is 561 g/mol. The van der Waals surface area contributed by atoms with E-state index >= 15 is 0 Å². The number of aliphatic imine (C=N–C) groups is 1. The highest BCUT2D eigenvalue weighted by molar-refractivity contribution is 7.80. The third kappa shape index (κ3) is 4.59. The molecule has 0 radical (unpaired) electrons. The van der Waals surface area contributed by atoms with Gasteiger partial charge in [-0.2, -0.15) is 10.5 Å². The van der Waals surface area contributed by atoms with Crippen molar-refractivity contribution in [3.8, 4) is 17.9 Å². The van der Waals surface area contributed by atoms with Crippen LogP contribution in [0.2, 0.25) is 0 Å². The molecule has 0 saturated carbocycles. The van der Waals surface area contributed by atoms with Crippen LogP contribution in [0.15, 0.2) is 89.9 Å². The number of hydrogen-bond donors (Lipinski definition) is 0. The van der Waals surface area contributed by atoms with Gasteiger partial charge in [0.1, 0.15) is 27.4 Å². The molecule has 0 aliphatic carbocycles. The molecule has 3 aliphatic rings. The summed E-state index contributed by atoms with van der Waals surface area (Å²) in [6, 6.07) is 33.6. The molecule has 3 heterocycles. The summed E-state index contributed by atoms with van der Waals surface area (Å²) < 4.78 is 6.07. The molecule has 8 heteroatoms. The van der Waals surface area contributed by atoms with E-state index in [1.54, 1.807) is 0 Å². The minimum atomic E-state index is -1.14. The molecule has 7 nitrogen and oxygen atoms in total. The van der Waals surface area contributed by atoms with Crippen LogP contribution in [0.25, 0.3) is 0 Å². The molecule has 3 aliphatic heterocycles. The van der Waals surface area contributed by atoms with Gasteiger partial charge in [0.25, 0.3) is 0 Å². The minimum absolute atomic E-state index is 0.411. The maximum atomic E-state index is 11.2. The standard InChI is InChI=1S/C33H32N6OS/c1-2-40-28-16-10-9-15-27(28)29-32(19-34)21-37(17-25-11-5-3-6-12-25)22-33(29,20-35)31(41)39-24-38(23-36-30(32)39)18-26-13-7-4-8-14-26/h3-16,29H,2,17-18,21-24H2,1H3. The lowest BCUT2D eigenvalue weighted by molar-refractivity contribution is 0.0513. The number of ether oxygens (including phenoxy) is 1. The van der Waals surface area contributed by atoms with Gasteiger partial charge in [0.2, 0.25) is 0 Å². The first-order valence-electron chi connectivity index (χ1n) is 14.0. The van der Waals surface area contributed by atoms with Crippen LogP contribution >= 0.6 is 12.2 Å². The number of piperidine rings is 2. The molecule has 3 aromatic rings. The summed E-state index contributed by atoms with van der Waals surface area (Å²) in [4.78, 5) is 12.0. The van der Waals surface area contributed by atoms with Gasteiger partial charge in [-0.25, -0.2) is 0 Å². The molecule has 0 amide bonds. The monoisotopic (exact) mass is 560 g/mol. The van der Waals surface area contributed by atoms with Crippen LogP contribution in [0.3, 0.4) is 0 Å². The molecule has 3 atom stereocenters. The van der Waals surface area contributed by atoms with Crippen molar-refractivity contribution in [1.29, 1.82) is 10.5 Å². The molecule has 2 fully saturated rings. The second-order valence-corrected chi connectivity index (χ2v) is 11.4. The van der Waals surface area contributed by atoms with E-state index in [1.165, 1.54) is 5.56 Å². The van der Waals surface area contributed by atoms with Crippen molar-refractivity contribution in [2.75, 3.05) is 33.0 Å². The van der Waals surface area contributed by atoms with Gasteiger partial charge in [0.15, 0.2) is 0 Å².